The van der Waals surface area contributed by atoms with Crippen molar-refractivity contribution in [3.8, 4) is 11.1 Å². The zero-order chi connectivity index (χ0) is 18.8. The molecule has 2 heterocycles. The highest BCUT2D eigenvalue weighted by molar-refractivity contribution is 6.08. The maximum Gasteiger partial charge on any atom is 0.209 e. The first-order valence-corrected chi connectivity index (χ1v) is 9.13. The second-order valence-electron chi connectivity index (χ2n) is 7.01. The molecule has 3 nitrogen and oxygen atoms in total. The van der Waals surface area contributed by atoms with Crippen molar-refractivity contribution in [2.45, 2.75) is 20.3 Å². The fourth-order valence-electron chi connectivity index (χ4n) is 3.28. The summed E-state index contributed by atoms with van der Waals surface area (Å²) in [5, 5.41) is 0. The van der Waals surface area contributed by atoms with Gasteiger partial charge in [0, 0.05) is 35.1 Å². The van der Waals surface area contributed by atoms with E-state index in [2.05, 4.69) is 47.2 Å². The molecule has 0 aliphatic carbocycles. The number of aryl methyl sites for hydroxylation is 2. The van der Waals surface area contributed by atoms with Crippen LogP contribution >= 0.6 is 0 Å². The maximum atomic E-state index is 13.0. The number of aromatic nitrogens is 2. The van der Waals surface area contributed by atoms with E-state index < -0.39 is 0 Å². The molecule has 0 fully saturated rings. The van der Waals surface area contributed by atoms with Crippen molar-refractivity contribution < 1.29 is 4.79 Å². The van der Waals surface area contributed by atoms with E-state index >= 15 is 0 Å². The fourth-order valence-corrected chi connectivity index (χ4v) is 3.28. The van der Waals surface area contributed by atoms with E-state index in [1.807, 2.05) is 49.5 Å². The van der Waals surface area contributed by atoms with Crippen LogP contribution in [0, 0.1) is 13.8 Å². The van der Waals surface area contributed by atoms with Crippen molar-refractivity contribution in [3.05, 3.63) is 107 Å². The molecule has 4 rings (SSSR count). The van der Waals surface area contributed by atoms with E-state index in [1.165, 1.54) is 5.56 Å². The number of nitrogens with one attached hydrogen (secondary N) is 2. The molecule has 27 heavy (non-hydrogen) atoms. The predicted octanol–water partition coefficient (Wildman–Crippen LogP) is 5.45. The predicted molar refractivity (Wildman–Crippen MR) is 109 cm³/mol. The van der Waals surface area contributed by atoms with Crippen molar-refractivity contribution in [1.82, 2.24) is 9.97 Å². The molecule has 0 aliphatic heterocycles. The Balaban J connectivity index is 1.75. The van der Waals surface area contributed by atoms with Gasteiger partial charge < -0.3 is 9.97 Å². The number of carbonyl (C=O) groups is 1. The van der Waals surface area contributed by atoms with E-state index in [4.69, 9.17) is 0 Å². The number of H-pyrrole nitrogens is 2. The lowest BCUT2D eigenvalue weighted by atomic mass is 10.0. The second-order valence-corrected chi connectivity index (χ2v) is 7.01. The summed E-state index contributed by atoms with van der Waals surface area (Å²) < 4.78 is 0. The third kappa shape index (κ3) is 3.63. The number of benzene rings is 2. The molecule has 2 N–H and O–H groups in total. The molecule has 0 bridgehead atoms. The summed E-state index contributed by atoms with van der Waals surface area (Å²) in [6.07, 6.45) is 2.64. The SMILES string of the molecule is Cc1ccc(C(=O)c2cc(-c3ccc(C)cc3)c(Cc3ccc[nH]3)[nH]2)cc1. The third-order valence-corrected chi connectivity index (χ3v) is 4.85. The average Bonchev–Trinajstić information content (AvgIpc) is 3.33. The minimum atomic E-state index is 0.0149. The van der Waals surface area contributed by atoms with Crippen molar-refractivity contribution >= 4 is 5.78 Å². The van der Waals surface area contributed by atoms with Gasteiger partial charge in [-0.05, 0) is 37.6 Å². The molecule has 0 atom stereocenters. The Morgan fingerprint density at radius 2 is 1.56 bits per heavy atom. The van der Waals surface area contributed by atoms with Gasteiger partial charge in [-0.25, -0.2) is 0 Å². The van der Waals surface area contributed by atoms with Crippen LogP contribution in [-0.4, -0.2) is 15.8 Å². The first-order chi connectivity index (χ1) is 13.1. The summed E-state index contributed by atoms with van der Waals surface area (Å²) in [6, 6.07) is 22.1. The minimum absolute atomic E-state index is 0.0149. The largest absolute Gasteiger partial charge is 0.365 e. The van der Waals surface area contributed by atoms with Crippen LogP contribution in [0.2, 0.25) is 0 Å². The van der Waals surface area contributed by atoms with Crippen molar-refractivity contribution in [2.24, 2.45) is 0 Å². The van der Waals surface area contributed by atoms with Crippen molar-refractivity contribution in [1.29, 1.82) is 0 Å². The van der Waals surface area contributed by atoms with Gasteiger partial charge >= 0.3 is 0 Å². The van der Waals surface area contributed by atoms with E-state index in [0.717, 1.165) is 34.5 Å². The Labute approximate surface area is 159 Å². The Morgan fingerprint density at radius 1 is 0.889 bits per heavy atom. The number of aromatic amines is 2. The molecule has 0 saturated heterocycles. The maximum absolute atomic E-state index is 13.0. The highest BCUT2D eigenvalue weighted by Gasteiger charge is 2.17. The lowest BCUT2D eigenvalue weighted by molar-refractivity contribution is 0.103. The molecule has 3 heteroatoms. The summed E-state index contributed by atoms with van der Waals surface area (Å²) in [5.74, 6) is 0.0149. The number of ketones is 1. The quantitative estimate of drug-likeness (QED) is 0.460. The van der Waals surface area contributed by atoms with Crippen molar-refractivity contribution in [3.63, 3.8) is 0 Å². The zero-order valence-electron chi connectivity index (χ0n) is 15.5. The fraction of sp³-hybridized carbons (Fsp3) is 0.125. The number of rotatable bonds is 5. The molecule has 2 aromatic carbocycles. The van der Waals surface area contributed by atoms with Gasteiger partial charge in [-0.2, -0.15) is 0 Å². The minimum Gasteiger partial charge on any atom is -0.365 e. The van der Waals surface area contributed by atoms with E-state index in [9.17, 15) is 4.79 Å². The monoisotopic (exact) mass is 354 g/mol. The van der Waals surface area contributed by atoms with Crippen molar-refractivity contribution in [2.75, 3.05) is 0 Å². The summed E-state index contributed by atoms with van der Waals surface area (Å²) in [4.78, 5) is 19.6. The van der Waals surface area contributed by atoms with Gasteiger partial charge in [-0.3, -0.25) is 4.79 Å². The molecule has 4 aromatic rings. The van der Waals surface area contributed by atoms with Crippen LogP contribution in [0.4, 0.5) is 0 Å². The Kier molecular flexibility index (Phi) is 4.51. The van der Waals surface area contributed by atoms with Crippen LogP contribution in [-0.2, 0) is 6.42 Å². The number of hydrogen-bond donors (Lipinski definition) is 2. The van der Waals surface area contributed by atoms with Crippen LogP contribution in [0.25, 0.3) is 11.1 Å². The summed E-state index contributed by atoms with van der Waals surface area (Å²) in [5.41, 5.74) is 8.01. The lowest BCUT2D eigenvalue weighted by Crippen LogP contribution is -2.02. The molecule has 0 saturated carbocycles. The summed E-state index contributed by atoms with van der Waals surface area (Å²) in [6.45, 7) is 4.10. The first kappa shape index (κ1) is 17.1. The van der Waals surface area contributed by atoms with Gasteiger partial charge in [0.05, 0.1) is 5.69 Å². The third-order valence-electron chi connectivity index (χ3n) is 4.85. The van der Waals surface area contributed by atoms with Crippen LogP contribution < -0.4 is 0 Å². The van der Waals surface area contributed by atoms with Crippen LogP contribution in [0.3, 0.4) is 0 Å². The summed E-state index contributed by atoms with van der Waals surface area (Å²) >= 11 is 0. The number of carbonyl (C=O) groups excluding carboxylic acids is 1. The van der Waals surface area contributed by atoms with Gasteiger partial charge in [0.15, 0.2) is 0 Å². The highest BCUT2D eigenvalue weighted by atomic mass is 16.1. The molecule has 2 aromatic heterocycles. The standard InChI is InChI=1S/C24H22N2O/c1-16-5-9-18(10-6-16)21-15-23(24(27)19-11-7-17(2)8-12-19)26-22(21)14-20-4-3-13-25-20/h3-13,15,25-26H,14H2,1-2H3. The molecule has 0 unspecified atom stereocenters. The van der Waals surface area contributed by atoms with Gasteiger partial charge in [-0.1, -0.05) is 59.7 Å². The Bertz CT molecular complexity index is 1050. The smallest absolute Gasteiger partial charge is 0.209 e. The molecular weight excluding hydrogens is 332 g/mol. The molecule has 134 valence electrons. The lowest BCUT2D eigenvalue weighted by Gasteiger charge is -2.04. The van der Waals surface area contributed by atoms with Crippen LogP contribution in [0.1, 0.15) is 38.6 Å². The van der Waals surface area contributed by atoms with E-state index in [0.29, 0.717) is 11.3 Å². The number of hydrogen-bond acceptors (Lipinski definition) is 1. The Morgan fingerprint density at radius 3 is 2.19 bits per heavy atom. The summed E-state index contributed by atoms with van der Waals surface area (Å²) in [7, 11) is 0. The van der Waals surface area contributed by atoms with Gasteiger partial charge in [0.2, 0.25) is 5.78 Å². The normalized spacial score (nSPS) is 10.9. The second kappa shape index (κ2) is 7.12. The molecule has 0 aliphatic rings. The molecular formula is C24H22N2O. The zero-order valence-corrected chi connectivity index (χ0v) is 15.5. The van der Waals surface area contributed by atoms with Gasteiger partial charge in [0.25, 0.3) is 0 Å². The topological polar surface area (TPSA) is 48.6 Å². The molecule has 0 spiro atoms. The highest BCUT2D eigenvalue weighted by Crippen LogP contribution is 2.28. The molecule has 0 amide bonds. The van der Waals surface area contributed by atoms with Crippen LogP contribution in [0.15, 0.2) is 72.9 Å². The van der Waals surface area contributed by atoms with Gasteiger partial charge in [-0.15, -0.1) is 0 Å². The average molecular weight is 354 g/mol. The van der Waals surface area contributed by atoms with Gasteiger partial charge in [0.1, 0.15) is 0 Å². The van der Waals surface area contributed by atoms with E-state index in [-0.39, 0.29) is 5.78 Å². The first-order valence-electron chi connectivity index (χ1n) is 9.13. The Hall–Kier alpha value is -3.33. The van der Waals surface area contributed by atoms with Crippen LogP contribution in [0.5, 0.6) is 0 Å². The molecule has 0 radical (unpaired) electrons. The van der Waals surface area contributed by atoms with E-state index in [1.54, 1.807) is 0 Å².